The third-order valence-electron chi connectivity index (χ3n) is 3.57. The number of carbonyl (C=O) groups is 1. The van der Waals surface area contributed by atoms with Crippen LogP contribution in [0.2, 0.25) is 0 Å². The molecule has 0 aliphatic carbocycles. The van der Waals surface area contributed by atoms with Gasteiger partial charge in [-0.15, -0.1) is 5.10 Å². The van der Waals surface area contributed by atoms with Crippen LogP contribution in [0.4, 0.5) is 20.4 Å². The van der Waals surface area contributed by atoms with Crippen molar-refractivity contribution in [1.82, 2.24) is 24.6 Å². The summed E-state index contributed by atoms with van der Waals surface area (Å²) in [7, 11) is 0. The topological polar surface area (TPSA) is 88.3 Å². The highest BCUT2D eigenvalue weighted by atomic mass is 19.3. The van der Waals surface area contributed by atoms with Gasteiger partial charge in [-0.1, -0.05) is 0 Å². The maximum atomic E-state index is 13.0. The summed E-state index contributed by atoms with van der Waals surface area (Å²) < 4.78 is 27.3. The maximum Gasteiger partial charge on any atom is 0.282 e. The molecular weight excluding hydrogens is 320 g/mol. The normalized spacial score (nSPS) is 16.0. The van der Waals surface area contributed by atoms with Crippen LogP contribution in [0.15, 0.2) is 36.9 Å². The largest absolute Gasteiger partial charge is 0.343 e. The number of rotatable bonds is 3. The van der Waals surface area contributed by atoms with Crippen molar-refractivity contribution in [2.45, 2.75) is 5.92 Å². The third kappa shape index (κ3) is 2.51. The minimum absolute atomic E-state index is 0.178. The van der Waals surface area contributed by atoms with Crippen LogP contribution in [0.25, 0.3) is 5.65 Å². The fourth-order valence-corrected chi connectivity index (χ4v) is 2.41. The SMILES string of the molecule is O=C(Nc1ccncn1)c1cnc2ccc(N3CC(F)(F)C3)nn12. The van der Waals surface area contributed by atoms with Crippen LogP contribution < -0.4 is 10.2 Å². The molecule has 0 bridgehead atoms. The predicted octanol–water partition coefficient (Wildman–Crippen LogP) is 1.23. The van der Waals surface area contributed by atoms with Gasteiger partial charge < -0.3 is 10.2 Å². The second-order valence-electron chi connectivity index (χ2n) is 5.37. The molecule has 0 radical (unpaired) electrons. The number of amides is 1. The molecule has 0 saturated carbocycles. The van der Waals surface area contributed by atoms with Crippen molar-refractivity contribution in [2.24, 2.45) is 0 Å². The Kier molecular flexibility index (Phi) is 3.12. The summed E-state index contributed by atoms with van der Waals surface area (Å²) >= 11 is 0. The van der Waals surface area contributed by atoms with Gasteiger partial charge in [-0.3, -0.25) is 4.79 Å². The molecular formula is C14H11F2N7O. The number of fused-ring (bicyclic) bond motifs is 1. The van der Waals surface area contributed by atoms with E-state index < -0.39 is 11.8 Å². The number of anilines is 2. The molecule has 1 fully saturated rings. The maximum absolute atomic E-state index is 13.0. The van der Waals surface area contributed by atoms with E-state index in [1.54, 1.807) is 18.2 Å². The van der Waals surface area contributed by atoms with Gasteiger partial charge in [-0.2, -0.15) is 0 Å². The summed E-state index contributed by atoms with van der Waals surface area (Å²) in [6, 6.07) is 4.77. The molecule has 1 aliphatic rings. The van der Waals surface area contributed by atoms with Crippen LogP contribution in [0.1, 0.15) is 10.5 Å². The molecule has 3 aromatic rings. The summed E-state index contributed by atoms with van der Waals surface area (Å²) in [6.07, 6.45) is 4.18. The van der Waals surface area contributed by atoms with E-state index >= 15 is 0 Å². The summed E-state index contributed by atoms with van der Waals surface area (Å²) in [5.74, 6) is -2.45. The Morgan fingerprint density at radius 1 is 1.21 bits per heavy atom. The number of halogens is 2. The van der Waals surface area contributed by atoms with E-state index in [9.17, 15) is 13.6 Å². The van der Waals surface area contributed by atoms with E-state index in [0.29, 0.717) is 17.3 Å². The molecule has 8 nitrogen and oxygen atoms in total. The Balaban J connectivity index is 1.62. The number of carbonyl (C=O) groups excluding carboxylic acids is 1. The fraction of sp³-hybridized carbons (Fsp3) is 0.214. The van der Waals surface area contributed by atoms with Gasteiger partial charge in [0.25, 0.3) is 11.8 Å². The number of nitrogens with one attached hydrogen (secondary N) is 1. The van der Waals surface area contributed by atoms with Crippen LogP contribution >= 0.6 is 0 Å². The number of hydrogen-bond donors (Lipinski definition) is 1. The highest BCUT2D eigenvalue weighted by molar-refractivity contribution is 6.02. The molecule has 3 aromatic heterocycles. The zero-order valence-corrected chi connectivity index (χ0v) is 12.2. The Labute approximate surface area is 134 Å². The van der Waals surface area contributed by atoms with E-state index in [2.05, 4.69) is 25.4 Å². The van der Waals surface area contributed by atoms with Crippen molar-refractivity contribution in [2.75, 3.05) is 23.3 Å². The van der Waals surface area contributed by atoms with E-state index in [1.807, 2.05) is 0 Å². The van der Waals surface area contributed by atoms with Crippen LogP contribution in [-0.4, -0.2) is 49.5 Å². The zero-order chi connectivity index (χ0) is 16.7. The van der Waals surface area contributed by atoms with Crippen LogP contribution in [0, 0.1) is 0 Å². The second-order valence-corrected chi connectivity index (χ2v) is 5.37. The lowest BCUT2D eigenvalue weighted by molar-refractivity contribution is -0.0268. The van der Waals surface area contributed by atoms with Gasteiger partial charge in [0, 0.05) is 6.20 Å². The lowest BCUT2D eigenvalue weighted by Crippen LogP contribution is -2.56. The van der Waals surface area contributed by atoms with Gasteiger partial charge in [0.2, 0.25) is 0 Å². The number of alkyl halides is 2. The third-order valence-corrected chi connectivity index (χ3v) is 3.57. The van der Waals surface area contributed by atoms with E-state index in [1.165, 1.54) is 28.1 Å². The predicted molar refractivity (Wildman–Crippen MR) is 80.1 cm³/mol. The summed E-state index contributed by atoms with van der Waals surface area (Å²) in [5, 5.41) is 6.84. The number of imidazole rings is 1. The molecule has 1 amide bonds. The fourth-order valence-electron chi connectivity index (χ4n) is 2.41. The quantitative estimate of drug-likeness (QED) is 0.776. The van der Waals surface area contributed by atoms with Crippen molar-refractivity contribution in [3.8, 4) is 0 Å². The molecule has 0 unspecified atom stereocenters. The minimum Gasteiger partial charge on any atom is -0.343 e. The van der Waals surface area contributed by atoms with Crippen LogP contribution in [0.3, 0.4) is 0 Å². The number of aromatic nitrogens is 5. The first kappa shape index (κ1) is 14.4. The molecule has 4 heterocycles. The number of hydrogen-bond acceptors (Lipinski definition) is 6. The molecule has 0 atom stereocenters. The Morgan fingerprint density at radius 3 is 2.75 bits per heavy atom. The first-order valence-electron chi connectivity index (χ1n) is 7.07. The van der Waals surface area contributed by atoms with Crippen molar-refractivity contribution < 1.29 is 13.6 Å². The molecule has 1 saturated heterocycles. The van der Waals surface area contributed by atoms with Gasteiger partial charge in [-0.25, -0.2) is 28.2 Å². The van der Waals surface area contributed by atoms with Crippen LogP contribution in [0.5, 0.6) is 0 Å². The smallest absolute Gasteiger partial charge is 0.282 e. The zero-order valence-electron chi connectivity index (χ0n) is 12.2. The molecule has 4 rings (SSSR count). The highest BCUT2D eigenvalue weighted by Crippen LogP contribution is 2.30. The first-order valence-corrected chi connectivity index (χ1v) is 7.07. The Morgan fingerprint density at radius 2 is 2.04 bits per heavy atom. The average molecular weight is 331 g/mol. The molecule has 1 aliphatic heterocycles. The van der Waals surface area contributed by atoms with E-state index in [4.69, 9.17) is 0 Å². The lowest BCUT2D eigenvalue weighted by atomic mass is 10.1. The Hall–Kier alpha value is -3.17. The van der Waals surface area contributed by atoms with E-state index in [0.717, 1.165) is 0 Å². The van der Waals surface area contributed by atoms with Gasteiger partial charge in [0.1, 0.15) is 18.0 Å². The van der Waals surface area contributed by atoms with Crippen LogP contribution in [-0.2, 0) is 0 Å². The first-order chi connectivity index (χ1) is 11.5. The second kappa shape index (κ2) is 5.18. The molecule has 24 heavy (non-hydrogen) atoms. The van der Waals surface area contributed by atoms with Crippen molar-refractivity contribution in [3.63, 3.8) is 0 Å². The molecule has 122 valence electrons. The molecule has 0 aromatic carbocycles. The average Bonchev–Trinajstić information content (AvgIpc) is 2.96. The van der Waals surface area contributed by atoms with Crippen molar-refractivity contribution in [1.29, 1.82) is 0 Å². The van der Waals surface area contributed by atoms with Crippen molar-refractivity contribution in [3.05, 3.63) is 42.6 Å². The van der Waals surface area contributed by atoms with E-state index in [-0.39, 0.29) is 18.8 Å². The van der Waals surface area contributed by atoms with Gasteiger partial charge in [0.15, 0.2) is 11.3 Å². The molecule has 0 spiro atoms. The Bertz CT molecular complexity index is 904. The monoisotopic (exact) mass is 331 g/mol. The van der Waals surface area contributed by atoms with Gasteiger partial charge >= 0.3 is 0 Å². The van der Waals surface area contributed by atoms with Gasteiger partial charge in [0.05, 0.1) is 19.3 Å². The molecule has 1 N–H and O–H groups in total. The standard InChI is InChI=1S/C14H11F2N7O/c15-14(16)6-22(7-14)12-2-1-11-18-5-9(23(11)21-12)13(24)20-10-3-4-17-8-19-10/h1-5,8H,6-7H2,(H,17,19,20,24). The summed E-state index contributed by atoms with van der Waals surface area (Å²) in [5.41, 5.74) is 0.622. The molecule has 10 heteroatoms. The summed E-state index contributed by atoms with van der Waals surface area (Å²) in [4.78, 5) is 25.6. The lowest BCUT2D eigenvalue weighted by Gasteiger charge is -2.39. The van der Waals surface area contributed by atoms with Crippen molar-refractivity contribution >= 4 is 23.2 Å². The number of nitrogens with zero attached hydrogens (tertiary/aromatic N) is 6. The summed E-state index contributed by atoms with van der Waals surface area (Å²) in [6.45, 7) is -0.772. The minimum atomic E-state index is -2.70. The highest BCUT2D eigenvalue weighted by Gasteiger charge is 2.44. The van der Waals surface area contributed by atoms with Gasteiger partial charge in [-0.05, 0) is 18.2 Å².